The molecule has 1 amide bonds. The summed E-state index contributed by atoms with van der Waals surface area (Å²) in [5.74, 6) is -0.249. The lowest BCUT2D eigenvalue weighted by Gasteiger charge is -2.36. The van der Waals surface area contributed by atoms with Crippen molar-refractivity contribution in [3.05, 3.63) is 35.9 Å². The molecule has 1 aliphatic rings. The van der Waals surface area contributed by atoms with Gasteiger partial charge in [-0.2, -0.15) is 0 Å². The maximum absolute atomic E-state index is 12.1. The Kier molecular flexibility index (Phi) is 6.66. The smallest absolute Gasteiger partial charge is 0.410 e. The first-order chi connectivity index (χ1) is 12.3. The first-order valence-corrected chi connectivity index (χ1v) is 8.85. The van der Waals surface area contributed by atoms with Crippen LogP contribution in [0.5, 0.6) is 0 Å². The number of piperazine rings is 1. The lowest BCUT2D eigenvalue weighted by atomic mass is 10.1. The molecule has 1 aromatic carbocycles. The minimum atomic E-state index is -0.467. The number of benzene rings is 1. The third-order valence-corrected chi connectivity index (χ3v) is 4.01. The number of carbonyl (C=O) groups is 2. The molecular weight excluding hydrogens is 332 g/mol. The van der Waals surface area contributed by atoms with Crippen molar-refractivity contribution in [2.24, 2.45) is 0 Å². The standard InChI is InChI=1S/C20H28N2O4/c1-20(2,3)26-19(24)22-14-12-21(13-15-22)17-10-8-16(9-11-17)6-5-7-18(23)25-4/h5-6,8-11H,7,12-15H2,1-4H3. The number of anilines is 1. The van der Waals surface area contributed by atoms with Gasteiger partial charge in [-0.3, -0.25) is 4.79 Å². The number of hydrogen-bond acceptors (Lipinski definition) is 5. The molecule has 1 aromatic rings. The van der Waals surface area contributed by atoms with Crippen LogP contribution in [-0.2, 0) is 14.3 Å². The second-order valence-electron chi connectivity index (χ2n) is 7.23. The van der Waals surface area contributed by atoms with Gasteiger partial charge in [-0.05, 0) is 38.5 Å². The molecule has 142 valence electrons. The van der Waals surface area contributed by atoms with E-state index in [1.54, 1.807) is 11.0 Å². The molecule has 0 N–H and O–H groups in total. The molecule has 0 aliphatic carbocycles. The quantitative estimate of drug-likeness (QED) is 0.771. The molecule has 0 atom stereocenters. The van der Waals surface area contributed by atoms with Crippen LogP contribution in [0, 0.1) is 0 Å². The van der Waals surface area contributed by atoms with E-state index in [1.165, 1.54) is 7.11 Å². The van der Waals surface area contributed by atoms with E-state index < -0.39 is 5.60 Å². The average Bonchev–Trinajstić information content (AvgIpc) is 2.61. The Morgan fingerprint density at radius 2 is 1.69 bits per heavy atom. The Labute approximate surface area is 155 Å². The lowest BCUT2D eigenvalue weighted by Crippen LogP contribution is -2.50. The van der Waals surface area contributed by atoms with Gasteiger partial charge in [0.1, 0.15) is 5.60 Å². The Hall–Kier alpha value is -2.50. The van der Waals surface area contributed by atoms with Crippen LogP contribution < -0.4 is 4.90 Å². The van der Waals surface area contributed by atoms with Crippen molar-refractivity contribution in [1.82, 2.24) is 4.90 Å². The summed E-state index contributed by atoms with van der Waals surface area (Å²) in [7, 11) is 1.38. The second-order valence-corrected chi connectivity index (χ2v) is 7.23. The summed E-state index contributed by atoms with van der Waals surface area (Å²) >= 11 is 0. The van der Waals surface area contributed by atoms with Crippen LogP contribution in [0.25, 0.3) is 6.08 Å². The van der Waals surface area contributed by atoms with E-state index in [9.17, 15) is 9.59 Å². The van der Waals surface area contributed by atoms with E-state index >= 15 is 0 Å². The van der Waals surface area contributed by atoms with Gasteiger partial charge in [0.15, 0.2) is 0 Å². The predicted octanol–water partition coefficient (Wildman–Crippen LogP) is 3.32. The summed E-state index contributed by atoms with van der Waals surface area (Å²) in [6.07, 6.45) is 3.72. The molecule has 6 heteroatoms. The second kappa shape index (κ2) is 8.74. The molecule has 6 nitrogen and oxygen atoms in total. The zero-order valence-electron chi connectivity index (χ0n) is 16.0. The maximum atomic E-state index is 12.1. The average molecular weight is 360 g/mol. The normalized spacial score (nSPS) is 15.2. The number of methoxy groups -OCH3 is 1. The van der Waals surface area contributed by atoms with Crippen LogP contribution in [0.4, 0.5) is 10.5 Å². The van der Waals surface area contributed by atoms with Crippen LogP contribution >= 0.6 is 0 Å². The van der Waals surface area contributed by atoms with Crippen LogP contribution in [0.15, 0.2) is 30.3 Å². The zero-order valence-corrected chi connectivity index (χ0v) is 16.0. The first kappa shape index (κ1) is 19.8. The molecule has 1 heterocycles. The highest BCUT2D eigenvalue weighted by Gasteiger charge is 2.25. The summed E-state index contributed by atoms with van der Waals surface area (Å²) in [6, 6.07) is 8.15. The molecule has 0 aromatic heterocycles. The Morgan fingerprint density at radius 1 is 1.08 bits per heavy atom. The van der Waals surface area contributed by atoms with Gasteiger partial charge < -0.3 is 19.3 Å². The summed E-state index contributed by atoms with van der Waals surface area (Å²) in [6.45, 7) is 8.48. The van der Waals surface area contributed by atoms with Crippen molar-refractivity contribution in [1.29, 1.82) is 0 Å². The highest BCUT2D eigenvalue weighted by molar-refractivity contribution is 5.72. The molecule has 2 rings (SSSR count). The zero-order chi connectivity index (χ0) is 19.2. The SMILES string of the molecule is COC(=O)CC=Cc1ccc(N2CCN(C(=O)OC(C)(C)C)CC2)cc1. The van der Waals surface area contributed by atoms with Crippen molar-refractivity contribution in [2.45, 2.75) is 32.8 Å². The lowest BCUT2D eigenvalue weighted by molar-refractivity contribution is -0.139. The van der Waals surface area contributed by atoms with Gasteiger partial charge in [0, 0.05) is 31.9 Å². The Morgan fingerprint density at radius 3 is 2.23 bits per heavy atom. The summed E-state index contributed by atoms with van der Waals surface area (Å²) < 4.78 is 10.0. The third kappa shape index (κ3) is 6.10. The Balaban J connectivity index is 1.86. The number of carbonyl (C=O) groups excluding carboxylic acids is 2. The van der Waals surface area contributed by atoms with Gasteiger partial charge in [0.2, 0.25) is 0 Å². The van der Waals surface area contributed by atoms with Crippen molar-refractivity contribution < 1.29 is 19.1 Å². The van der Waals surface area contributed by atoms with Gasteiger partial charge in [0.05, 0.1) is 13.5 Å². The number of ether oxygens (including phenoxy) is 2. The molecule has 0 unspecified atom stereocenters. The number of nitrogens with zero attached hydrogens (tertiary/aromatic N) is 2. The minimum Gasteiger partial charge on any atom is -0.469 e. The van der Waals surface area contributed by atoms with Crippen LogP contribution in [0.3, 0.4) is 0 Å². The highest BCUT2D eigenvalue weighted by atomic mass is 16.6. The van der Waals surface area contributed by atoms with E-state index in [1.807, 2.05) is 39.0 Å². The van der Waals surface area contributed by atoms with E-state index in [2.05, 4.69) is 21.8 Å². The van der Waals surface area contributed by atoms with Crippen LogP contribution in [0.1, 0.15) is 32.8 Å². The van der Waals surface area contributed by atoms with E-state index in [0.29, 0.717) is 13.1 Å². The fourth-order valence-corrected chi connectivity index (χ4v) is 2.64. The summed E-state index contributed by atoms with van der Waals surface area (Å²) in [4.78, 5) is 27.2. The fourth-order valence-electron chi connectivity index (χ4n) is 2.64. The molecule has 0 saturated carbocycles. The number of rotatable bonds is 4. The molecular formula is C20H28N2O4. The highest BCUT2D eigenvalue weighted by Crippen LogP contribution is 2.19. The van der Waals surface area contributed by atoms with Crippen molar-refractivity contribution >= 4 is 23.8 Å². The van der Waals surface area contributed by atoms with Crippen molar-refractivity contribution in [2.75, 3.05) is 38.2 Å². The van der Waals surface area contributed by atoms with Gasteiger partial charge in [-0.25, -0.2) is 4.79 Å². The van der Waals surface area contributed by atoms with E-state index in [4.69, 9.17) is 4.74 Å². The molecule has 1 fully saturated rings. The molecule has 26 heavy (non-hydrogen) atoms. The van der Waals surface area contributed by atoms with Gasteiger partial charge in [0.25, 0.3) is 0 Å². The number of amides is 1. The van der Waals surface area contributed by atoms with Crippen LogP contribution in [0.2, 0.25) is 0 Å². The summed E-state index contributed by atoms with van der Waals surface area (Å²) in [5, 5.41) is 0. The predicted molar refractivity (Wildman–Crippen MR) is 102 cm³/mol. The molecule has 0 radical (unpaired) electrons. The first-order valence-electron chi connectivity index (χ1n) is 8.85. The van der Waals surface area contributed by atoms with E-state index in [0.717, 1.165) is 24.3 Å². The Bertz CT molecular complexity index is 639. The van der Waals surface area contributed by atoms with Crippen molar-refractivity contribution in [3.8, 4) is 0 Å². The monoisotopic (exact) mass is 360 g/mol. The maximum Gasteiger partial charge on any atom is 0.410 e. The van der Waals surface area contributed by atoms with Gasteiger partial charge >= 0.3 is 12.1 Å². The molecule has 0 spiro atoms. The summed E-state index contributed by atoms with van der Waals surface area (Å²) in [5.41, 5.74) is 1.69. The minimum absolute atomic E-state index is 0.247. The fraction of sp³-hybridized carbons (Fsp3) is 0.500. The molecule has 1 saturated heterocycles. The third-order valence-electron chi connectivity index (χ3n) is 4.01. The molecule has 1 aliphatic heterocycles. The van der Waals surface area contributed by atoms with Crippen LogP contribution in [-0.4, -0.2) is 55.9 Å². The van der Waals surface area contributed by atoms with Gasteiger partial charge in [-0.15, -0.1) is 0 Å². The van der Waals surface area contributed by atoms with Gasteiger partial charge in [-0.1, -0.05) is 24.3 Å². The largest absolute Gasteiger partial charge is 0.469 e. The molecule has 0 bridgehead atoms. The topological polar surface area (TPSA) is 59.1 Å². The number of esters is 1. The van der Waals surface area contributed by atoms with Crippen molar-refractivity contribution in [3.63, 3.8) is 0 Å². The number of hydrogen-bond donors (Lipinski definition) is 0. The van der Waals surface area contributed by atoms with E-state index in [-0.39, 0.29) is 18.5 Å².